The number of hydrogen-bond acceptors (Lipinski definition) is 4. The maximum Gasteiger partial charge on any atom is 0.252 e. The molecule has 3 heterocycles. The van der Waals surface area contributed by atoms with Crippen molar-refractivity contribution >= 4 is 16.8 Å². The van der Waals surface area contributed by atoms with E-state index in [1.807, 2.05) is 0 Å². The van der Waals surface area contributed by atoms with E-state index >= 15 is 0 Å². The van der Waals surface area contributed by atoms with E-state index in [4.69, 9.17) is 4.74 Å². The molecule has 0 spiro atoms. The monoisotopic (exact) mass is 373 g/mol. The molecule has 1 amide bonds. The van der Waals surface area contributed by atoms with E-state index in [1.54, 1.807) is 0 Å². The third-order valence-electron chi connectivity index (χ3n) is 5.57. The van der Waals surface area contributed by atoms with Gasteiger partial charge in [0, 0.05) is 36.6 Å². The maximum absolute atomic E-state index is 13.4. The lowest BCUT2D eigenvalue weighted by Gasteiger charge is -2.36. The average molecular weight is 373 g/mol. The Morgan fingerprint density at radius 1 is 1.33 bits per heavy atom. The molecule has 1 aromatic carbocycles. The number of H-pyrrole nitrogens is 1. The smallest absolute Gasteiger partial charge is 0.252 e. The van der Waals surface area contributed by atoms with Crippen molar-refractivity contribution in [2.75, 3.05) is 19.7 Å². The fourth-order valence-corrected chi connectivity index (χ4v) is 4.09. The number of benzene rings is 1. The minimum Gasteiger partial charge on any atom is -0.375 e. The molecule has 0 bridgehead atoms. The summed E-state index contributed by atoms with van der Waals surface area (Å²) < 4.78 is 19.4. The van der Waals surface area contributed by atoms with Crippen molar-refractivity contribution in [3.8, 4) is 0 Å². The second-order valence-corrected chi connectivity index (χ2v) is 7.87. The van der Waals surface area contributed by atoms with Gasteiger partial charge in [-0.05, 0) is 30.5 Å². The van der Waals surface area contributed by atoms with Crippen LogP contribution >= 0.6 is 0 Å². The van der Waals surface area contributed by atoms with Gasteiger partial charge >= 0.3 is 0 Å². The van der Waals surface area contributed by atoms with E-state index in [2.05, 4.69) is 29.0 Å². The number of carbonyl (C=O) groups is 1. The maximum atomic E-state index is 13.4. The van der Waals surface area contributed by atoms with Gasteiger partial charge in [0.2, 0.25) is 5.56 Å². The molecule has 6 nitrogen and oxygen atoms in total. The molecule has 2 saturated heterocycles. The lowest BCUT2D eigenvalue weighted by molar-refractivity contribution is -0.0683. The number of nitrogens with zero attached hydrogens (tertiary/aromatic N) is 1. The van der Waals surface area contributed by atoms with Gasteiger partial charge in [0.25, 0.3) is 5.91 Å². The van der Waals surface area contributed by atoms with Crippen molar-refractivity contribution in [3.63, 3.8) is 0 Å². The highest BCUT2D eigenvalue weighted by molar-refractivity contribution is 6.06. The molecule has 0 unspecified atom stereocenters. The highest BCUT2D eigenvalue weighted by Crippen LogP contribution is 2.26. The van der Waals surface area contributed by atoms with Crippen LogP contribution in [0.1, 0.15) is 30.6 Å². The van der Waals surface area contributed by atoms with E-state index in [-0.39, 0.29) is 23.6 Å². The van der Waals surface area contributed by atoms with Gasteiger partial charge in [0.1, 0.15) is 5.82 Å². The lowest BCUT2D eigenvalue weighted by Crippen LogP contribution is -2.48. The first-order chi connectivity index (χ1) is 12.9. The molecule has 144 valence electrons. The van der Waals surface area contributed by atoms with E-state index < -0.39 is 11.4 Å². The molecule has 3 atom stereocenters. The van der Waals surface area contributed by atoms with Crippen LogP contribution in [0.3, 0.4) is 0 Å². The molecule has 0 saturated carbocycles. The number of morpholine rings is 1. The molecule has 2 aromatic rings. The predicted octanol–water partition coefficient (Wildman–Crippen LogP) is 1.89. The van der Waals surface area contributed by atoms with Gasteiger partial charge in [-0.15, -0.1) is 0 Å². The molecular formula is C20H24FN3O3. The number of hydrogen-bond donors (Lipinski definition) is 2. The summed E-state index contributed by atoms with van der Waals surface area (Å²) in [5.41, 5.74) is 0.176. The summed E-state index contributed by atoms with van der Waals surface area (Å²) in [6.07, 6.45) is 1.05. The molecule has 2 fully saturated rings. The molecule has 2 aliphatic heterocycles. The Labute approximate surface area is 156 Å². The molecule has 27 heavy (non-hydrogen) atoms. The highest BCUT2D eigenvalue weighted by Gasteiger charge is 2.38. The number of carbonyl (C=O) groups excluding carboxylic acids is 1. The van der Waals surface area contributed by atoms with Gasteiger partial charge in [-0.1, -0.05) is 13.8 Å². The summed E-state index contributed by atoms with van der Waals surface area (Å²) in [5.74, 6) is -0.297. The Balaban J connectivity index is 1.51. The first kappa shape index (κ1) is 18.1. The Morgan fingerprint density at radius 3 is 2.93 bits per heavy atom. The second-order valence-electron chi connectivity index (χ2n) is 7.87. The van der Waals surface area contributed by atoms with Gasteiger partial charge in [0.15, 0.2) is 0 Å². The number of fused-ring (bicyclic) bond motifs is 2. The topological polar surface area (TPSA) is 74.4 Å². The van der Waals surface area contributed by atoms with Crippen molar-refractivity contribution in [1.29, 1.82) is 0 Å². The van der Waals surface area contributed by atoms with E-state index in [0.29, 0.717) is 29.5 Å². The summed E-state index contributed by atoms with van der Waals surface area (Å²) in [7, 11) is 0. The SMILES string of the molecule is CC(C)[C@H]1CN2C[C@H](NC(=O)c3cc(=O)[nH]c4cc(F)ccc34)C[C@H]2CO1. The number of aromatic amines is 1. The standard InChI is InChI=1S/C20H24FN3O3/c1-11(2)18-9-24-8-13(6-14(24)10-27-18)22-20(26)16-7-19(25)23-17-5-12(21)3-4-15(16)17/h3-5,7,11,13-14,18H,6,8-10H2,1-2H3,(H,22,26)(H,23,25)/t13-,14+,18-/m1/s1. The Kier molecular flexibility index (Phi) is 4.74. The zero-order valence-corrected chi connectivity index (χ0v) is 15.5. The van der Waals surface area contributed by atoms with Gasteiger partial charge in [-0.3, -0.25) is 14.5 Å². The number of aromatic nitrogens is 1. The van der Waals surface area contributed by atoms with Crippen LogP contribution in [0.15, 0.2) is 29.1 Å². The number of nitrogens with one attached hydrogen (secondary N) is 2. The minimum atomic E-state index is -0.455. The van der Waals surface area contributed by atoms with Gasteiger partial charge in [-0.25, -0.2) is 4.39 Å². The summed E-state index contributed by atoms with van der Waals surface area (Å²) >= 11 is 0. The molecule has 0 radical (unpaired) electrons. The van der Waals surface area contributed by atoms with Crippen LogP contribution in [-0.4, -0.2) is 53.7 Å². The fourth-order valence-electron chi connectivity index (χ4n) is 4.09. The van der Waals surface area contributed by atoms with Gasteiger partial charge in [-0.2, -0.15) is 0 Å². The summed E-state index contributed by atoms with van der Waals surface area (Å²) in [4.78, 5) is 29.7. The second kappa shape index (κ2) is 7.05. The number of ether oxygens (including phenoxy) is 1. The minimum absolute atomic E-state index is 0.00629. The molecule has 4 rings (SSSR count). The zero-order valence-electron chi connectivity index (χ0n) is 15.5. The van der Waals surface area contributed by atoms with Crippen molar-refractivity contribution < 1.29 is 13.9 Å². The van der Waals surface area contributed by atoms with Crippen LogP contribution in [0, 0.1) is 11.7 Å². The van der Waals surface area contributed by atoms with E-state index in [0.717, 1.165) is 19.5 Å². The van der Waals surface area contributed by atoms with Crippen molar-refractivity contribution in [3.05, 3.63) is 46.0 Å². The molecule has 0 aliphatic carbocycles. The van der Waals surface area contributed by atoms with Gasteiger partial charge < -0.3 is 15.0 Å². The van der Waals surface area contributed by atoms with Crippen LogP contribution in [0.5, 0.6) is 0 Å². The Morgan fingerprint density at radius 2 is 2.15 bits per heavy atom. The number of halogens is 1. The number of pyridine rings is 1. The third kappa shape index (κ3) is 3.61. The third-order valence-corrected chi connectivity index (χ3v) is 5.57. The van der Waals surface area contributed by atoms with Crippen LogP contribution < -0.4 is 10.9 Å². The zero-order chi connectivity index (χ0) is 19.1. The molecular weight excluding hydrogens is 349 g/mol. The Hall–Kier alpha value is -2.25. The van der Waals surface area contributed by atoms with Crippen LogP contribution in [0.4, 0.5) is 4.39 Å². The van der Waals surface area contributed by atoms with Crippen molar-refractivity contribution in [2.24, 2.45) is 5.92 Å². The number of amides is 1. The highest BCUT2D eigenvalue weighted by atomic mass is 19.1. The molecule has 2 aliphatic rings. The normalized spacial score (nSPS) is 25.7. The molecule has 7 heteroatoms. The van der Waals surface area contributed by atoms with Crippen LogP contribution in [0.2, 0.25) is 0 Å². The lowest BCUT2D eigenvalue weighted by atomic mass is 10.0. The average Bonchev–Trinajstić information content (AvgIpc) is 3.01. The Bertz CT molecular complexity index is 926. The van der Waals surface area contributed by atoms with Crippen LogP contribution in [0.25, 0.3) is 10.9 Å². The summed E-state index contributed by atoms with van der Waals surface area (Å²) in [6.45, 7) is 6.64. The van der Waals surface area contributed by atoms with E-state index in [1.165, 1.54) is 24.3 Å². The fraction of sp³-hybridized carbons (Fsp3) is 0.500. The predicted molar refractivity (Wildman–Crippen MR) is 100 cm³/mol. The summed E-state index contributed by atoms with van der Waals surface area (Å²) in [5, 5.41) is 3.58. The van der Waals surface area contributed by atoms with Crippen molar-refractivity contribution in [2.45, 2.75) is 38.5 Å². The number of rotatable bonds is 3. The summed E-state index contributed by atoms with van der Waals surface area (Å²) in [6, 6.07) is 5.63. The van der Waals surface area contributed by atoms with Crippen LogP contribution in [-0.2, 0) is 4.74 Å². The van der Waals surface area contributed by atoms with E-state index in [9.17, 15) is 14.0 Å². The quantitative estimate of drug-likeness (QED) is 0.862. The first-order valence-corrected chi connectivity index (χ1v) is 9.40. The van der Waals surface area contributed by atoms with Crippen molar-refractivity contribution in [1.82, 2.24) is 15.2 Å². The van der Waals surface area contributed by atoms with Gasteiger partial charge in [0.05, 0.1) is 23.8 Å². The first-order valence-electron chi connectivity index (χ1n) is 9.40. The molecule has 1 aromatic heterocycles. The molecule has 2 N–H and O–H groups in total. The largest absolute Gasteiger partial charge is 0.375 e.